The first-order valence-electron chi connectivity index (χ1n) is 6.97. The van der Waals surface area contributed by atoms with Gasteiger partial charge >= 0.3 is 7.82 Å². The summed E-state index contributed by atoms with van der Waals surface area (Å²) in [6.07, 6.45) is -3.45. The van der Waals surface area contributed by atoms with Crippen molar-refractivity contribution >= 4 is 19.2 Å². The first kappa shape index (κ1) is 16.4. The molecule has 1 saturated heterocycles. The molecule has 2 aromatic rings. The fourth-order valence-electron chi connectivity index (χ4n) is 3.26. The van der Waals surface area contributed by atoms with Gasteiger partial charge in [0.15, 0.2) is 11.4 Å². The fraction of sp³-hybridized carbons (Fsp3) is 0.417. The van der Waals surface area contributed by atoms with Gasteiger partial charge in [0.25, 0.3) is 0 Å². The lowest BCUT2D eigenvalue weighted by Crippen LogP contribution is -2.47. The normalized spacial score (nSPS) is 37.0. The van der Waals surface area contributed by atoms with Crippen molar-refractivity contribution in [3.63, 3.8) is 0 Å². The van der Waals surface area contributed by atoms with Crippen LogP contribution in [-0.4, -0.2) is 58.5 Å². The summed E-state index contributed by atoms with van der Waals surface area (Å²) >= 11 is 0. The number of aliphatic hydroxyl groups is 2. The number of nitriles is 1. The Morgan fingerprint density at radius 1 is 1.48 bits per heavy atom. The molecule has 13 heteroatoms. The lowest BCUT2D eigenvalue weighted by atomic mass is 9.90. The number of nitrogens with two attached hydrogens (primary N) is 1. The number of anilines is 1. The van der Waals surface area contributed by atoms with Gasteiger partial charge in [-0.05, 0) is 12.1 Å². The zero-order valence-corrected chi connectivity index (χ0v) is 13.2. The lowest BCUT2D eigenvalue weighted by Gasteiger charge is -2.29. The quantitative estimate of drug-likeness (QED) is 0.376. The van der Waals surface area contributed by atoms with Crippen LogP contribution in [-0.2, 0) is 19.4 Å². The molecule has 132 valence electrons. The van der Waals surface area contributed by atoms with Gasteiger partial charge in [-0.25, -0.2) is 14.1 Å². The molecule has 1 saturated carbocycles. The molecule has 0 aromatic carbocycles. The van der Waals surface area contributed by atoms with E-state index in [-0.39, 0.29) is 11.5 Å². The minimum Gasteiger partial charge on any atom is -0.385 e. The van der Waals surface area contributed by atoms with Crippen LogP contribution in [0.5, 0.6) is 0 Å². The molecule has 0 spiro atoms. The smallest absolute Gasteiger partial charge is 0.385 e. The van der Waals surface area contributed by atoms with Gasteiger partial charge in [0.1, 0.15) is 36.2 Å². The van der Waals surface area contributed by atoms with Crippen molar-refractivity contribution in [1.82, 2.24) is 14.6 Å². The third-order valence-electron chi connectivity index (χ3n) is 4.49. The molecule has 1 aliphatic heterocycles. The fourth-order valence-corrected chi connectivity index (χ4v) is 3.83. The van der Waals surface area contributed by atoms with E-state index >= 15 is 0 Å². The Hall–Kier alpha value is -2.10. The number of phosphoric acid groups is 1. The molecule has 0 radical (unpaired) electrons. The molecule has 12 nitrogen and oxygen atoms in total. The van der Waals surface area contributed by atoms with E-state index in [1.54, 1.807) is 6.07 Å². The maximum Gasteiger partial charge on any atom is 0.470 e. The van der Waals surface area contributed by atoms with Gasteiger partial charge < -0.3 is 30.5 Å². The summed E-state index contributed by atoms with van der Waals surface area (Å²) in [7, 11) is -4.91. The van der Waals surface area contributed by atoms with Crippen molar-refractivity contribution in [1.29, 1.82) is 5.26 Å². The summed E-state index contributed by atoms with van der Waals surface area (Å²) in [5.74, 6) is 0.133. The van der Waals surface area contributed by atoms with E-state index in [4.69, 9.17) is 20.3 Å². The van der Waals surface area contributed by atoms with Crippen molar-refractivity contribution in [2.45, 2.75) is 29.5 Å². The van der Waals surface area contributed by atoms with E-state index < -0.39 is 37.3 Å². The van der Waals surface area contributed by atoms with Gasteiger partial charge in [-0.3, -0.25) is 4.52 Å². The van der Waals surface area contributed by atoms with Gasteiger partial charge in [0.05, 0.1) is 5.69 Å². The summed E-state index contributed by atoms with van der Waals surface area (Å²) in [6.45, 7) is 0. The van der Waals surface area contributed by atoms with Gasteiger partial charge in [-0.15, -0.1) is 0 Å². The summed E-state index contributed by atoms with van der Waals surface area (Å²) in [4.78, 5) is 21.5. The van der Waals surface area contributed by atoms with Crippen LogP contribution in [0.4, 0.5) is 5.82 Å². The highest BCUT2D eigenvalue weighted by molar-refractivity contribution is 7.46. The van der Waals surface area contributed by atoms with Crippen molar-refractivity contribution < 1.29 is 33.8 Å². The number of aromatic nitrogens is 3. The number of phosphoric ester groups is 1. The molecule has 3 heterocycles. The maximum atomic E-state index is 11.0. The molecule has 0 bridgehead atoms. The Kier molecular flexibility index (Phi) is 3.11. The van der Waals surface area contributed by atoms with Crippen LogP contribution in [0.25, 0.3) is 5.52 Å². The van der Waals surface area contributed by atoms with E-state index in [2.05, 4.69) is 14.6 Å². The van der Waals surface area contributed by atoms with Crippen LogP contribution in [0.1, 0.15) is 5.69 Å². The zero-order chi connectivity index (χ0) is 18.2. The van der Waals surface area contributed by atoms with Gasteiger partial charge in [-0.1, -0.05) is 0 Å². The number of nitrogens with zero attached hydrogens (tertiary/aromatic N) is 4. The predicted octanol–water partition coefficient (Wildman–Crippen LogP) is -1.99. The first-order valence-corrected chi connectivity index (χ1v) is 8.50. The number of hydrogen-bond donors (Lipinski definition) is 5. The number of hydrogen-bond acceptors (Lipinski definition) is 9. The van der Waals surface area contributed by atoms with Gasteiger partial charge in [0.2, 0.25) is 5.60 Å². The molecule has 25 heavy (non-hydrogen) atoms. The lowest BCUT2D eigenvalue weighted by molar-refractivity contribution is -0.105. The molecule has 2 fully saturated rings. The highest BCUT2D eigenvalue weighted by Gasteiger charge is 2.83. The van der Waals surface area contributed by atoms with Crippen LogP contribution in [0.15, 0.2) is 18.5 Å². The second-order valence-corrected chi connectivity index (χ2v) is 7.05. The van der Waals surface area contributed by atoms with Crippen LogP contribution >= 0.6 is 7.82 Å². The molecule has 6 N–H and O–H groups in total. The molecule has 1 unspecified atom stereocenters. The van der Waals surface area contributed by atoms with E-state index in [0.29, 0.717) is 5.52 Å². The molecule has 2 aromatic heterocycles. The van der Waals surface area contributed by atoms with Gasteiger partial charge in [0, 0.05) is 0 Å². The monoisotopic (exact) mass is 369 g/mol. The largest absolute Gasteiger partial charge is 0.470 e. The number of rotatable bonds is 3. The molecule has 0 amide bonds. The number of ether oxygens (including phenoxy) is 1. The molecular formula is C12H12N5O7P. The third kappa shape index (κ3) is 2.00. The molecule has 4 rings (SSSR count). The highest BCUT2D eigenvalue weighted by Crippen LogP contribution is 2.62. The second kappa shape index (κ2) is 4.75. The average molecular weight is 369 g/mol. The standard InChI is InChI=1S/C12H12N5O7P/c13-3-11(6-2-1-5-9(14)15-4-16-17(5)6)10(18)12(19)7(23-11)8(12)24-25(20,21)22/h1-2,4,7-8,10,18-19H,(H2,14,15,16)(H2,20,21,22)/t7-,8?,10+,11+,12+/m1/s1. The Morgan fingerprint density at radius 2 is 2.20 bits per heavy atom. The van der Waals surface area contributed by atoms with Gasteiger partial charge in [-0.2, -0.15) is 10.4 Å². The van der Waals surface area contributed by atoms with Crippen molar-refractivity contribution in [2.75, 3.05) is 5.73 Å². The predicted molar refractivity (Wildman–Crippen MR) is 77.4 cm³/mol. The topological polar surface area (TPSA) is 196 Å². The van der Waals surface area contributed by atoms with Crippen molar-refractivity contribution in [3.05, 3.63) is 24.2 Å². The molecule has 1 aliphatic carbocycles. The zero-order valence-electron chi connectivity index (χ0n) is 12.3. The number of aliphatic hydroxyl groups excluding tert-OH is 1. The Bertz CT molecular complexity index is 968. The van der Waals surface area contributed by atoms with Crippen LogP contribution < -0.4 is 5.73 Å². The number of fused-ring (bicyclic) bond motifs is 2. The summed E-state index contributed by atoms with van der Waals surface area (Å²) in [6, 6.07) is 4.75. The Labute approximate surface area is 139 Å². The third-order valence-corrected chi connectivity index (χ3v) is 4.99. The summed E-state index contributed by atoms with van der Waals surface area (Å²) in [5.41, 5.74) is 2.01. The van der Waals surface area contributed by atoms with E-state index in [1.165, 1.54) is 16.6 Å². The van der Waals surface area contributed by atoms with E-state index in [0.717, 1.165) is 6.33 Å². The minimum atomic E-state index is -4.91. The Morgan fingerprint density at radius 3 is 2.76 bits per heavy atom. The van der Waals surface area contributed by atoms with Crippen LogP contribution in [0, 0.1) is 11.3 Å². The van der Waals surface area contributed by atoms with Crippen molar-refractivity contribution in [3.8, 4) is 6.07 Å². The maximum absolute atomic E-state index is 11.0. The number of nitrogen functional groups attached to an aromatic ring is 1. The Balaban J connectivity index is 1.77. The first-order chi connectivity index (χ1) is 11.6. The van der Waals surface area contributed by atoms with E-state index in [1.807, 2.05) is 0 Å². The van der Waals surface area contributed by atoms with E-state index in [9.17, 15) is 20.0 Å². The highest BCUT2D eigenvalue weighted by atomic mass is 31.2. The molecule has 2 aliphatic rings. The minimum absolute atomic E-state index is 0.0853. The van der Waals surface area contributed by atoms with Crippen LogP contribution in [0.2, 0.25) is 0 Å². The summed E-state index contributed by atoms with van der Waals surface area (Å²) in [5, 5.41) is 34.6. The summed E-state index contributed by atoms with van der Waals surface area (Å²) < 4.78 is 22.1. The molecule has 5 atom stereocenters. The SMILES string of the molecule is N#C[C@@]1(c2ccc3c(N)ncnn23)O[C@@H]2C(OP(=O)(O)O)[C@]2(O)[C@H]1O. The van der Waals surface area contributed by atoms with Crippen molar-refractivity contribution in [2.24, 2.45) is 0 Å². The molecular weight excluding hydrogens is 357 g/mol. The second-order valence-electron chi connectivity index (χ2n) is 5.85. The van der Waals surface area contributed by atoms with Crippen LogP contribution in [0.3, 0.4) is 0 Å². The average Bonchev–Trinajstić information content (AvgIpc) is 2.88.